The van der Waals surface area contributed by atoms with Crippen molar-refractivity contribution in [3.05, 3.63) is 48.0 Å². The summed E-state index contributed by atoms with van der Waals surface area (Å²) in [6.07, 6.45) is 22.8. The van der Waals surface area contributed by atoms with Crippen molar-refractivity contribution in [3.63, 3.8) is 0 Å². The molecule has 33 heavy (non-hydrogen) atoms. The quantitative estimate of drug-likeness (QED) is 0.129. The van der Waals surface area contributed by atoms with Gasteiger partial charge in [-0.3, -0.25) is 4.79 Å². The van der Waals surface area contributed by atoms with Crippen LogP contribution in [0.3, 0.4) is 0 Å². The number of benzene rings is 1. The number of ketones is 1. The number of hydrogen-bond acceptors (Lipinski definition) is 2. The summed E-state index contributed by atoms with van der Waals surface area (Å²) >= 11 is 0. The summed E-state index contributed by atoms with van der Waals surface area (Å²) in [5.74, 6) is 0.388. The average molecular weight is 456 g/mol. The Kier molecular flexibility index (Phi) is 18.0. The number of allylic oxidation sites excluding steroid dienone is 1. The number of carbonyl (C=O) groups excluding carboxylic acids is 1. The highest BCUT2D eigenvalue weighted by molar-refractivity contribution is 5.96. The second-order valence-corrected chi connectivity index (χ2v) is 10.4. The van der Waals surface area contributed by atoms with Crippen LogP contribution in [0, 0.1) is 5.92 Å². The van der Waals surface area contributed by atoms with Gasteiger partial charge in [-0.05, 0) is 51.4 Å². The van der Waals surface area contributed by atoms with E-state index >= 15 is 0 Å². The fourth-order valence-corrected chi connectivity index (χ4v) is 4.76. The molecule has 0 saturated heterocycles. The smallest absolute Gasteiger partial charge is 0.162 e. The summed E-state index contributed by atoms with van der Waals surface area (Å²) < 4.78 is 0. The van der Waals surface area contributed by atoms with Gasteiger partial charge in [-0.25, -0.2) is 0 Å². The van der Waals surface area contributed by atoms with Crippen LogP contribution in [0.1, 0.15) is 115 Å². The summed E-state index contributed by atoms with van der Waals surface area (Å²) in [5.41, 5.74) is 2.20. The molecule has 0 saturated carbocycles. The average Bonchev–Trinajstić information content (AvgIpc) is 2.80. The molecule has 188 valence electrons. The number of rotatable bonds is 22. The fraction of sp³-hybridized carbons (Fsp3) is 0.710. The van der Waals surface area contributed by atoms with Crippen molar-refractivity contribution in [2.24, 2.45) is 5.92 Å². The van der Waals surface area contributed by atoms with Crippen LogP contribution < -0.4 is 0 Å². The third kappa shape index (κ3) is 16.8. The Hall–Kier alpha value is -1.41. The highest BCUT2D eigenvalue weighted by Crippen LogP contribution is 2.18. The molecule has 1 unspecified atom stereocenters. The van der Waals surface area contributed by atoms with Gasteiger partial charge in [-0.1, -0.05) is 127 Å². The molecule has 0 amide bonds. The lowest BCUT2D eigenvalue weighted by Gasteiger charge is -2.20. The van der Waals surface area contributed by atoms with Gasteiger partial charge in [0.2, 0.25) is 0 Å². The summed E-state index contributed by atoms with van der Waals surface area (Å²) in [7, 11) is 4.10. The minimum Gasteiger partial charge on any atom is -0.309 e. The maximum absolute atomic E-state index is 12.3. The molecule has 1 atom stereocenters. The van der Waals surface area contributed by atoms with Gasteiger partial charge in [0, 0.05) is 12.5 Å². The van der Waals surface area contributed by atoms with E-state index in [0.29, 0.717) is 5.57 Å². The summed E-state index contributed by atoms with van der Waals surface area (Å²) in [5, 5.41) is 0. The number of unbranched alkanes of at least 4 members (excludes halogenated alkanes) is 14. The largest absolute Gasteiger partial charge is 0.309 e. The Morgan fingerprint density at radius 2 is 1.15 bits per heavy atom. The maximum Gasteiger partial charge on any atom is 0.162 e. The van der Waals surface area contributed by atoms with Gasteiger partial charge in [-0.15, -0.1) is 0 Å². The summed E-state index contributed by atoms with van der Waals surface area (Å²) in [4.78, 5) is 14.4. The molecule has 0 heterocycles. The Balaban J connectivity index is 1.83. The van der Waals surface area contributed by atoms with E-state index in [1.165, 1.54) is 108 Å². The third-order valence-electron chi connectivity index (χ3n) is 6.74. The van der Waals surface area contributed by atoms with E-state index in [1.807, 2.05) is 21.0 Å². The van der Waals surface area contributed by atoms with E-state index in [9.17, 15) is 4.79 Å². The van der Waals surface area contributed by atoms with Crippen molar-refractivity contribution in [1.29, 1.82) is 0 Å². The van der Waals surface area contributed by atoms with Crippen molar-refractivity contribution in [1.82, 2.24) is 4.90 Å². The Morgan fingerprint density at radius 3 is 1.58 bits per heavy atom. The normalized spacial score (nSPS) is 12.2. The second-order valence-electron chi connectivity index (χ2n) is 10.4. The number of hydrogen-bond donors (Lipinski definition) is 0. The van der Waals surface area contributed by atoms with Crippen LogP contribution >= 0.6 is 0 Å². The number of aryl methyl sites for hydroxylation is 1. The predicted molar refractivity (Wildman–Crippen MR) is 146 cm³/mol. The number of carbonyl (C=O) groups is 1. The van der Waals surface area contributed by atoms with Gasteiger partial charge < -0.3 is 4.90 Å². The van der Waals surface area contributed by atoms with E-state index in [1.54, 1.807) is 0 Å². The fourth-order valence-electron chi connectivity index (χ4n) is 4.76. The molecule has 0 N–H and O–H groups in total. The van der Waals surface area contributed by atoms with Gasteiger partial charge in [-0.2, -0.15) is 0 Å². The van der Waals surface area contributed by atoms with Crippen molar-refractivity contribution in [2.45, 2.75) is 116 Å². The number of Topliss-reactive ketones (excluding diaryl/α,β-unsaturated/α-hetero) is 1. The van der Waals surface area contributed by atoms with E-state index in [2.05, 4.69) is 41.8 Å². The molecule has 1 aromatic carbocycles. The monoisotopic (exact) mass is 455 g/mol. The molecular weight excluding hydrogens is 402 g/mol. The van der Waals surface area contributed by atoms with Crippen molar-refractivity contribution >= 4 is 5.78 Å². The first-order valence-electron chi connectivity index (χ1n) is 13.9. The lowest BCUT2D eigenvalue weighted by atomic mass is 9.92. The van der Waals surface area contributed by atoms with E-state index < -0.39 is 0 Å². The molecule has 0 aromatic heterocycles. The zero-order chi connectivity index (χ0) is 24.2. The first-order chi connectivity index (χ1) is 16.0. The summed E-state index contributed by atoms with van der Waals surface area (Å²) in [6, 6.07) is 10.9. The van der Waals surface area contributed by atoms with Gasteiger partial charge in [0.25, 0.3) is 0 Å². The number of nitrogens with zero attached hydrogens (tertiary/aromatic N) is 1. The van der Waals surface area contributed by atoms with E-state index in [4.69, 9.17) is 0 Å². The molecule has 2 heteroatoms. The topological polar surface area (TPSA) is 20.3 Å². The molecule has 0 fully saturated rings. The molecule has 1 aromatic rings. The van der Waals surface area contributed by atoms with Crippen LogP contribution in [0.25, 0.3) is 0 Å². The molecule has 2 nitrogen and oxygen atoms in total. The third-order valence-corrected chi connectivity index (χ3v) is 6.74. The second kappa shape index (κ2) is 20.0. The minimum atomic E-state index is 0.131. The van der Waals surface area contributed by atoms with Gasteiger partial charge in [0.1, 0.15) is 0 Å². The molecular formula is C31H53NO. The highest BCUT2D eigenvalue weighted by atomic mass is 16.1. The maximum atomic E-state index is 12.3. The Labute approximate surface area is 206 Å². The van der Waals surface area contributed by atoms with Crippen LogP contribution in [-0.2, 0) is 11.2 Å². The molecule has 0 aliphatic heterocycles. The zero-order valence-corrected chi connectivity index (χ0v) is 22.3. The zero-order valence-electron chi connectivity index (χ0n) is 22.3. The molecule has 0 radical (unpaired) electrons. The standard InChI is InChI=1S/C31H53NO/c1-28(2)31(33)30(27-32(3)4)26-22-17-15-13-11-9-7-5-6-8-10-12-14-16-19-23-29-24-20-18-21-25-29/h18,20-21,24-25,30H,1,5-17,19,22-23,26-27H2,2-4H3. The van der Waals surface area contributed by atoms with Gasteiger partial charge in [0.05, 0.1) is 0 Å². The lowest BCUT2D eigenvalue weighted by molar-refractivity contribution is -0.119. The van der Waals surface area contributed by atoms with Crippen molar-refractivity contribution < 1.29 is 4.79 Å². The first-order valence-corrected chi connectivity index (χ1v) is 13.9. The summed E-state index contributed by atoms with van der Waals surface area (Å²) in [6.45, 7) is 6.54. The molecule has 1 rings (SSSR count). The van der Waals surface area contributed by atoms with Crippen LogP contribution in [0.5, 0.6) is 0 Å². The molecule has 0 bridgehead atoms. The highest BCUT2D eigenvalue weighted by Gasteiger charge is 2.19. The van der Waals surface area contributed by atoms with Crippen LogP contribution in [0.2, 0.25) is 0 Å². The van der Waals surface area contributed by atoms with E-state index in [-0.39, 0.29) is 11.7 Å². The molecule has 0 aliphatic rings. The van der Waals surface area contributed by atoms with Crippen LogP contribution in [0.15, 0.2) is 42.5 Å². The minimum absolute atomic E-state index is 0.131. The van der Waals surface area contributed by atoms with Crippen LogP contribution in [-0.4, -0.2) is 31.3 Å². The molecule has 0 spiro atoms. The van der Waals surface area contributed by atoms with Gasteiger partial charge >= 0.3 is 0 Å². The molecule has 0 aliphatic carbocycles. The van der Waals surface area contributed by atoms with Gasteiger partial charge in [0.15, 0.2) is 5.78 Å². The SMILES string of the molecule is C=C(C)C(=O)C(CCCCCCCCCCCCCCCCCc1ccccc1)CN(C)C. The Bertz CT molecular complexity index is 607. The lowest BCUT2D eigenvalue weighted by Crippen LogP contribution is -2.28. The Morgan fingerprint density at radius 1 is 0.727 bits per heavy atom. The predicted octanol–water partition coefficient (Wildman–Crippen LogP) is 8.79. The van der Waals surface area contributed by atoms with Crippen molar-refractivity contribution in [3.8, 4) is 0 Å². The van der Waals surface area contributed by atoms with E-state index in [0.717, 1.165) is 13.0 Å². The van der Waals surface area contributed by atoms with Crippen LogP contribution in [0.4, 0.5) is 0 Å². The van der Waals surface area contributed by atoms with Crippen molar-refractivity contribution in [2.75, 3.05) is 20.6 Å². The first kappa shape index (κ1) is 29.6.